The van der Waals surface area contributed by atoms with Gasteiger partial charge < -0.3 is 15.6 Å². The van der Waals surface area contributed by atoms with Gasteiger partial charge in [-0.1, -0.05) is 49.3 Å². The molecule has 1 heterocycles. The van der Waals surface area contributed by atoms with Crippen molar-refractivity contribution in [3.63, 3.8) is 0 Å². The number of aromatic nitrogens is 1. The van der Waals surface area contributed by atoms with Crippen molar-refractivity contribution in [2.24, 2.45) is 10.7 Å². The summed E-state index contributed by atoms with van der Waals surface area (Å²) in [6, 6.07) is 10.3. The van der Waals surface area contributed by atoms with Crippen LogP contribution >= 0.6 is 0 Å². The molecule has 0 aliphatic heterocycles. The maximum atomic E-state index is 5.93. The average molecular weight is 300 g/mol. The summed E-state index contributed by atoms with van der Waals surface area (Å²) in [5.74, 6) is 1.36. The van der Waals surface area contributed by atoms with Crippen LogP contribution in [0.2, 0.25) is 0 Å². The maximum absolute atomic E-state index is 5.93. The number of rotatable bonds is 7. The van der Waals surface area contributed by atoms with E-state index in [4.69, 9.17) is 10.3 Å². The van der Waals surface area contributed by atoms with Crippen LogP contribution in [0.25, 0.3) is 0 Å². The lowest BCUT2D eigenvalue weighted by Gasteiger charge is -2.06. The molecule has 5 nitrogen and oxygen atoms in total. The lowest BCUT2D eigenvalue weighted by Crippen LogP contribution is -2.33. The van der Waals surface area contributed by atoms with Crippen molar-refractivity contribution in [2.75, 3.05) is 6.54 Å². The number of nitrogens with one attached hydrogen (secondary N) is 1. The maximum Gasteiger partial charge on any atom is 0.188 e. The first-order valence-electron chi connectivity index (χ1n) is 7.78. The van der Waals surface area contributed by atoms with Crippen LogP contribution in [0, 0.1) is 0 Å². The molecule has 0 saturated heterocycles. The van der Waals surface area contributed by atoms with Crippen LogP contribution in [-0.4, -0.2) is 17.7 Å². The summed E-state index contributed by atoms with van der Waals surface area (Å²) < 4.78 is 5.33. The molecule has 1 aromatic carbocycles. The number of hydrogen-bond donors (Lipinski definition) is 2. The summed E-state index contributed by atoms with van der Waals surface area (Å²) in [7, 11) is 0. The molecule has 0 atom stereocenters. The number of benzene rings is 1. The van der Waals surface area contributed by atoms with Gasteiger partial charge in [0.15, 0.2) is 5.96 Å². The lowest BCUT2D eigenvalue weighted by molar-refractivity contribution is 0.380. The van der Waals surface area contributed by atoms with Crippen LogP contribution in [0.1, 0.15) is 36.4 Å². The number of aryl methyl sites for hydroxylation is 2. The highest BCUT2D eigenvalue weighted by Crippen LogP contribution is 2.16. The zero-order valence-corrected chi connectivity index (χ0v) is 13.3. The predicted octanol–water partition coefficient (Wildman–Crippen LogP) is 2.45. The Balaban J connectivity index is 1.86. The largest absolute Gasteiger partial charge is 0.370 e. The van der Waals surface area contributed by atoms with E-state index in [9.17, 15) is 0 Å². The van der Waals surface area contributed by atoms with Crippen LogP contribution in [0.3, 0.4) is 0 Å². The van der Waals surface area contributed by atoms with E-state index in [1.54, 1.807) is 0 Å². The second kappa shape index (κ2) is 8.22. The van der Waals surface area contributed by atoms with Crippen molar-refractivity contribution in [1.82, 2.24) is 10.5 Å². The van der Waals surface area contributed by atoms with Crippen molar-refractivity contribution in [2.45, 2.75) is 39.7 Å². The molecular formula is C17H24N4O. The van der Waals surface area contributed by atoms with Crippen molar-refractivity contribution < 1.29 is 4.52 Å². The van der Waals surface area contributed by atoms with E-state index in [1.807, 2.05) is 18.2 Å². The second-order valence-electron chi connectivity index (χ2n) is 5.10. The minimum absolute atomic E-state index is 0.459. The fourth-order valence-electron chi connectivity index (χ4n) is 2.32. The number of nitrogens with zero attached hydrogens (tertiary/aromatic N) is 2. The number of hydrogen-bond acceptors (Lipinski definition) is 3. The first-order valence-corrected chi connectivity index (χ1v) is 7.78. The number of guanidine groups is 1. The monoisotopic (exact) mass is 300 g/mol. The molecule has 0 aliphatic rings. The van der Waals surface area contributed by atoms with Crippen molar-refractivity contribution in [1.29, 1.82) is 0 Å². The Labute approximate surface area is 131 Å². The van der Waals surface area contributed by atoms with E-state index < -0.39 is 0 Å². The molecule has 0 bridgehead atoms. The molecule has 0 unspecified atom stereocenters. The van der Waals surface area contributed by atoms with E-state index in [1.165, 1.54) is 5.56 Å². The third kappa shape index (κ3) is 4.35. The van der Waals surface area contributed by atoms with Gasteiger partial charge in [-0.05, 0) is 18.4 Å². The smallest absolute Gasteiger partial charge is 0.188 e. The molecule has 118 valence electrons. The molecule has 3 N–H and O–H groups in total. The summed E-state index contributed by atoms with van der Waals surface area (Å²) in [5.41, 5.74) is 9.24. The molecule has 0 spiro atoms. The Morgan fingerprint density at radius 1 is 1.23 bits per heavy atom. The molecule has 0 aliphatic carbocycles. The van der Waals surface area contributed by atoms with Gasteiger partial charge in [-0.15, -0.1) is 0 Å². The third-order valence-corrected chi connectivity index (χ3v) is 3.58. The highest BCUT2D eigenvalue weighted by Gasteiger charge is 2.12. The highest BCUT2D eigenvalue weighted by molar-refractivity contribution is 5.77. The van der Waals surface area contributed by atoms with Gasteiger partial charge in [0, 0.05) is 18.5 Å². The molecule has 5 heteroatoms. The molecule has 2 aromatic rings. The summed E-state index contributed by atoms with van der Waals surface area (Å²) in [6.07, 6.45) is 2.58. The molecule has 0 amide bonds. The van der Waals surface area contributed by atoms with Crippen LogP contribution < -0.4 is 11.1 Å². The number of nitrogens with two attached hydrogens (primary N) is 1. The fraction of sp³-hybridized carbons (Fsp3) is 0.412. The SMILES string of the molecule is CCc1noc(CC)c1CN=C(N)NCCc1ccccc1. The summed E-state index contributed by atoms with van der Waals surface area (Å²) in [5, 5.41) is 7.22. The number of aliphatic imine (C=N–C) groups is 1. The van der Waals surface area contributed by atoms with Crippen LogP contribution in [-0.2, 0) is 25.8 Å². The molecular weight excluding hydrogens is 276 g/mol. The standard InChI is InChI=1S/C17H24N4O/c1-3-15-14(16(4-2)22-21-15)12-20-17(18)19-11-10-13-8-6-5-7-9-13/h5-9H,3-4,10-12H2,1-2H3,(H3,18,19,20). The van der Waals surface area contributed by atoms with Gasteiger partial charge >= 0.3 is 0 Å². The van der Waals surface area contributed by atoms with Gasteiger partial charge in [0.1, 0.15) is 5.76 Å². The van der Waals surface area contributed by atoms with E-state index in [0.717, 1.165) is 42.8 Å². The summed E-state index contributed by atoms with van der Waals surface area (Å²) in [4.78, 5) is 4.40. The van der Waals surface area contributed by atoms with E-state index in [-0.39, 0.29) is 0 Å². The molecule has 0 radical (unpaired) electrons. The van der Waals surface area contributed by atoms with E-state index >= 15 is 0 Å². The van der Waals surface area contributed by atoms with Gasteiger partial charge in [0.2, 0.25) is 0 Å². The van der Waals surface area contributed by atoms with Crippen molar-refractivity contribution >= 4 is 5.96 Å². The van der Waals surface area contributed by atoms with Crippen molar-refractivity contribution in [3.8, 4) is 0 Å². The summed E-state index contributed by atoms with van der Waals surface area (Å²) >= 11 is 0. The normalized spacial score (nSPS) is 11.6. The zero-order valence-electron chi connectivity index (χ0n) is 13.3. The minimum Gasteiger partial charge on any atom is -0.370 e. The third-order valence-electron chi connectivity index (χ3n) is 3.58. The first-order chi connectivity index (χ1) is 10.7. The van der Waals surface area contributed by atoms with Crippen molar-refractivity contribution in [3.05, 3.63) is 52.9 Å². The highest BCUT2D eigenvalue weighted by atomic mass is 16.5. The van der Waals surface area contributed by atoms with Crippen LogP contribution in [0.4, 0.5) is 0 Å². The fourth-order valence-corrected chi connectivity index (χ4v) is 2.32. The van der Waals surface area contributed by atoms with Gasteiger partial charge in [0.25, 0.3) is 0 Å². The molecule has 22 heavy (non-hydrogen) atoms. The molecule has 2 rings (SSSR count). The molecule has 1 aromatic heterocycles. The summed E-state index contributed by atoms with van der Waals surface area (Å²) in [6.45, 7) is 5.39. The Hall–Kier alpha value is -2.30. The van der Waals surface area contributed by atoms with Gasteiger partial charge in [-0.3, -0.25) is 0 Å². The predicted molar refractivity (Wildman–Crippen MR) is 88.7 cm³/mol. The first kappa shape index (κ1) is 16.1. The average Bonchev–Trinajstić information content (AvgIpc) is 2.96. The Morgan fingerprint density at radius 2 is 2.00 bits per heavy atom. The Kier molecular flexibility index (Phi) is 6.01. The van der Waals surface area contributed by atoms with Gasteiger partial charge in [0.05, 0.1) is 12.2 Å². The molecule has 0 saturated carbocycles. The van der Waals surface area contributed by atoms with Crippen LogP contribution in [0.15, 0.2) is 39.8 Å². The lowest BCUT2D eigenvalue weighted by atomic mass is 10.1. The van der Waals surface area contributed by atoms with Crippen LogP contribution in [0.5, 0.6) is 0 Å². The zero-order chi connectivity index (χ0) is 15.8. The molecule has 0 fully saturated rings. The quantitative estimate of drug-likeness (QED) is 0.608. The van der Waals surface area contributed by atoms with Gasteiger partial charge in [-0.25, -0.2) is 4.99 Å². The Bertz CT molecular complexity index is 583. The van der Waals surface area contributed by atoms with Gasteiger partial charge in [-0.2, -0.15) is 0 Å². The Morgan fingerprint density at radius 3 is 2.68 bits per heavy atom. The van der Waals surface area contributed by atoms with E-state index in [0.29, 0.717) is 12.5 Å². The topological polar surface area (TPSA) is 76.4 Å². The minimum atomic E-state index is 0.459. The van der Waals surface area contributed by atoms with E-state index in [2.05, 4.69) is 41.4 Å². The second-order valence-corrected chi connectivity index (χ2v) is 5.10.